The molecule has 1 saturated heterocycles. The van der Waals surface area contributed by atoms with Crippen molar-refractivity contribution < 1.29 is 32.2 Å². The second kappa shape index (κ2) is 13.2. The molecule has 0 aromatic carbocycles. The third-order valence-electron chi connectivity index (χ3n) is 6.29. The lowest BCUT2D eigenvalue weighted by atomic mass is 9.92. The fraction of sp³-hybridized carbons (Fsp3) is 0.542. The van der Waals surface area contributed by atoms with Crippen molar-refractivity contribution >= 4 is 29.1 Å². The lowest BCUT2D eigenvalue weighted by molar-refractivity contribution is -0.192. The van der Waals surface area contributed by atoms with E-state index in [0.717, 1.165) is 68.7 Å². The third-order valence-corrected chi connectivity index (χ3v) is 6.60. The molecule has 8 nitrogen and oxygen atoms in total. The number of nitrogens with two attached hydrogens (primary N) is 1. The highest BCUT2D eigenvalue weighted by Crippen LogP contribution is 2.32. The van der Waals surface area contributed by atoms with Crippen LogP contribution in [0.15, 0.2) is 24.5 Å². The van der Waals surface area contributed by atoms with Crippen LogP contribution < -0.4 is 16.4 Å². The number of carboxylic acids is 1. The Labute approximate surface area is 217 Å². The van der Waals surface area contributed by atoms with Gasteiger partial charge in [-0.25, -0.2) is 14.8 Å². The van der Waals surface area contributed by atoms with Gasteiger partial charge in [0.2, 0.25) is 5.95 Å². The van der Waals surface area contributed by atoms with Crippen LogP contribution in [0.4, 0.5) is 29.1 Å². The largest absolute Gasteiger partial charge is 0.490 e. The average molecular weight is 548 g/mol. The van der Waals surface area contributed by atoms with Crippen molar-refractivity contribution in [2.45, 2.75) is 56.8 Å². The Balaban J connectivity index is 0.000000479. The van der Waals surface area contributed by atoms with Gasteiger partial charge < -0.3 is 26.2 Å². The summed E-state index contributed by atoms with van der Waals surface area (Å²) in [5.41, 5.74) is 7.93. The third kappa shape index (κ3) is 8.97. The summed E-state index contributed by atoms with van der Waals surface area (Å²) >= 11 is 6.42. The maximum absolute atomic E-state index is 14.3. The molecule has 2 aliphatic rings. The maximum Gasteiger partial charge on any atom is 0.490 e. The summed E-state index contributed by atoms with van der Waals surface area (Å²) < 4.78 is 51.4. The van der Waals surface area contributed by atoms with E-state index in [1.807, 2.05) is 6.07 Å². The quantitative estimate of drug-likeness (QED) is 0.291. The molecule has 0 bridgehead atoms. The summed E-state index contributed by atoms with van der Waals surface area (Å²) in [4.78, 5) is 17.3. The predicted octanol–water partition coefficient (Wildman–Crippen LogP) is 5.09. The zero-order chi connectivity index (χ0) is 27.0. The van der Waals surface area contributed by atoms with Crippen molar-refractivity contribution in [2.24, 2.45) is 11.7 Å². The number of hydrogen-bond donors (Lipinski definition) is 4. The first-order valence-corrected chi connectivity index (χ1v) is 12.4. The molecule has 13 heteroatoms. The van der Waals surface area contributed by atoms with Crippen LogP contribution >= 0.6 is 11.6 Å². The Morgan fingerprint density at radius 3 is 2.38 bits per heavy atom. The van der Waals surface area contributed by atoms with Crippen LogP contribution in [0.25, 0.3) is 11.1 Å². The van der Waals surface area contributed by atoms with Gasteiger partial charge in [0.15, 0.2) is 0 Å². The van der Waals surface area contributed by atoms with Crippen LogP contribution in [-0.4, -0.2) is 59.1 Å². The van der Waals surface area contributed by atoms with Gasteiger partial charge in [0.05, 0.1) is 10.7 Å². The van der Waals surface area contributed by atoms with Gasteiger partial charge >= 0.3 is 12.1 Å². The van der Waals surface area contributed by atoms with E-state index in [-0.39, 0.29) is 0 Å². The second-order valence-electron chi connectivity index (χ2n) is 9.11. The highest BCUT2D eigenvalue weighted by Gasteiger charge is 2.38. The van der Waals surface area contributed by atoms with Crippen molar-refractivity contribution in [1.29, 1.82) is 0 Å². The molecule has 1 saturated carbocycles. The first-order chi connectivity index (χ1) is 17.5. The monoisotopic (exact) mass is 547 g/mol. The summed E-state index contributed by atoms with van der Waals surface area (Å²) in [7, 11) is 0. The normalized spacial score (nSPS) is 20.5. The van der Waals surface area contributed by atoms with E-state index in [2.05, 4.69) is 20.6 Å². The van der Waals surface area contributed by atoms with E-state index in [0.29, 0.717) is 35.3 Å². The Morgan fingerprint density at radius 1 is 1.11 bits per heavy atom. The van der Waals surface area contributed by atoms with Crippen molar-refractivity contribution in [3.05, 3.63) is 35.5 Å². The Hall–Kier alpha value is -2.70. The number of ether oxygens (including phenoxy) is 1. The number of alkyl halides is 3. The molecule has 2 aromatic rings. The van der Waals surface area contributed by atoms with E-state index in [1.165, 1.54) is 6.20 Å². The zero-order valence-corrected chi connectivity index (χ0v) is 20.8. The fourth-order valence-corrected chi connectivity index (χ4v) is 4.35. The summed E-state index contributed by atoms with van der Waals surface area (Å²) in [5.74, 6) is -2.03. The summed E-state index contributed by atoms with van der Waals surface area (Å²) in [6.07, 6.45) is 4.12. The van der Waals surface area contributed by atoms with Gasteiger partial charge in [-0.2, -0.15) is 17.6 Å². The van der Waals surface area contributed by atoms with E-state index in [4.69, 9.17) is 32.0 Å². The van der Waals surface area contributed by atoms with E-state index < -0.39 is 18.1 Å². The van der Waals surface area contributed by atoms with Crippen molar-refractivity contribution in [3.63, 3.8) is 0 Å². The van der Waals surface area contributed by atoms with Crippen LogP contribution in [-0.2, 0) is 9.53 Å². The number of aliphatic carboxylic acids is 1. The molecule has 37 heavy (non-hydrogen) atoms. The van der Waals surface area contributed by atoms with Gasteiger partial charge in [-0.1, -0.05) is 11.6 Å². The lowest BCUT2D eigenvalue weighted by Gasteiger charge is -2.27. The number of aromatic nitrogens is 2. The molecule has 0 unspecified atom stereocenters. The number of halogens is 5. The van der Waals surface area contributed by atoms with E-state index in [1.54, 1.807) is 12.3 Å². The Bertz CT molecular complexity index is 1050. The topological polar surface area (TPSA) is 122 Å². The number of hydrogen-bond acceptors (Lipinski definition) is 7. The molecule has 1 aliphatic heterocycles. The van der Waals surface area contributed by atoms with Gasteiger partial charge in [-0.05, 0) is 56.6 Å². The highest BCUT2D eigenvalue weighted by atomic mass is 35.5. The Kier molecular flexibility index (Phi) is 10.3. The molecule has 1 aliphatic carbocycles. The smallest absolute Gasteiger partial charge is 0.475 e. The summed E-state index contributed by atoms with van der Waals surface area (Å²) in [6, 6.07) is 4.34. The molecule has 3 heterocycles. The summed E-state index contributed by atoms with van der Waals surface area (Å²) in [5, 5.41) is 14.3. The predicted molar refractivity (Wildman–Crippen MR) is 132 cm³/mol. The number of nitrogens with one attached hydrogen (secondary N) is 2. The zero-order valence-electron chi connectivity index (χ0n) is 20.0. The van der Waals surface area contributed by atoms with Gasteiger partial charge in [-0.3, -0.25) is 0 Å². The van der Waals surface area contributed by atoms with Crippen LogP contribution in [0.5, 0.6) is 0 Å². The van der Waals surface area contributed by atoms with Crippen LogP contribution in [0.1, 0.15) is 38.5 Å². The van der Waals surface area contributed by atoms with Gasteiger partial charge in [0.25, 0.3) is 0 Å². The molecule has 4 rings (SSSR count). The fourth-order valence-electron chi connectivity index (χ4n) is 4.14. The minimum Gasteiger partial charge on any atom is -0.475 e. The van der Waals surface area contributed by atoms with Crippen molar-refractivity contribution in [2.75, 3.05) is 30.4 Å². The highest BCUT2D eigenvalue weighted by molar-refractivity contribution is 6.33. The molecule has 204 valence electrons. The van der Waals surface area contributed by atoms with E-state index in [9.17, 15) is 17.6 Å². The van der Waals surface area contributed by atoms with Crippen LogP contribution in [0, 0.1) is 11.9 Å². The molecule has 0 amide bonds. The van der Waals surface area contributed by atoms with Gasteiger partial charge in [-0.15, -0.1) is 0 Å². The Morgan fingerprint density at radius 2 is 1.76 bits per heavy atom. The maximum atomic E-state index is 14.3. The molecule has 0 spiro atoms. The number of anilines is 2. The van der Waals surface area contributed by atoms with Gasteiger partial charge in [0, 0.05) is 55.4 Å². The lowest BCUT2D eigenvalue weighted by Crippen LogP contribution is -2.33. The second-order valence-corrected chi connectivity index (χ2v) is 9.51. The molecule has 0 atom stereocenters. The minimum atomic E-state index is -5.08. The summed E-state index contributed by atoms with van der Waals surface area (Å²) in [6.45, 7) is 2.23. The average Bonchev–Trinajstić information content (AvgIpc) is 2.86. The van der Waals surface area contributed by atoms with Crippen molar-refractivity contribution in [3.8, 4) is 11.1 Å². The first-order valence-electron chi connectivity index (χ1n) is 12.0. The number of rotatable bonds is 6. The molecule has 0 radical (unpaired) electrons. The molecular formula is C24H30ClF4N5O3. The molecule has 2 aromatic heterocycles. The molecular weight excluding hydrogens is 518 g/mol. The standard InChI is InChI=1S/C22H29ClFN5O.C2HF3O2/c23-19-13-27-21(29-17-3-1-16(25)2-4-17)10-18(19)15-9-20(22(24)28-12-15)26-11-14-5-7-30-8-6-14;3-2(4,5)1(6)7/h9-10,12-14,16-17,26H,1-8,11,25H2,(H,27,29);(H,6,7). The first kappa shape index (κ1) is 28.9. The minimum absolute atomic E-state index is 0.300. The van der Waals surface area contributed by atoms with Crippen LogP contribution in [0.2, 0.25) is 5.02 Å². The van der Waals surface area contributed by atoms with Crippen molar-refractivity contribution in [1.82, 2.24) is 9.97 Å². The number of carboxylic acid groups (broad SMARTS) is 1. The number of nitrogens with zero attached hydrogens (tertiary/aromatic N) is 2. The van der Waals surface area contributed by atoms with Gasteiger partial charge in [0.1, 0.15) is 5.82 Å². The van der Waals surface area contributed by atoms with E-state index >= 15 is 0 Å². The number of carbonyl (C=O) groups is 1. The van der Waals surface area contributed by atoms with Crippen LogP contribution in [0.3, 0.4) is 0 Å². The SMILES string of the molecule is NC1CCC(Nc2cc(-c3cnc(F)c(NCC4CCOCC4)c3)c(Cl)cn2)CC1.O=C(O)C(F)(F)F. The molecule has 5 N–H and O–H groups in total. The number of pyridine rings is 2. The molecule has 2 fully saturated rings.